The first kappa shape index (κ1) is 54.8. The fourth-order valence-electron chi connectivity index (χ4n) is 8.02. The Balaban J connectivity index is 1.92. The summed E-state index contributed by atoms with van der Waals surface area (Å²) >= 11 is 6.26. The van der Waals surface area contributed by atoms with Crippen LogP contribution in [0.15, 0.2) is 48.5 Å². The van der Waals surface area contributed by atoms with Crippen LogP contribution in [-0.2, 0) is 65.5 Å². The van der Waals surface area contributed by atoms with Crippen molar-refractivity contribution in [2.75, 3.05) is 7.05 Å². The first-order valence-corrected chi connectivity index (χ1v) is 22.9. The molecule has 23 heteroatoms. The van der Waals surface area contributed by atoms with Crippen molar-refractivity contribution in [3.05, 3.63) is 64.7 Å². The molecule has 0 saturated carbocycles. The molecule has 0 radical (unpaired) electrons. The van der Waals surface area contributed by atoms with Gasteiger partial charge in [-0.1, -0.05) is 68.3 Å². The number of hydrogen-bond donors (Lipinski definition) is 9. The number of amides is 9. The van der Waals surface area contributed by atoms with E-state index >= 15 is 4.79 Å². The summed E-state index contributed by atoms with van der Waals surface area (Å²) in [7, 11) is 1.30. The lowest BCUT2D eigenvalue weighted by atomic mass is 9.95. The number of carbonyl (C=O) groups is 10. The van der Waals surface area contributed by atoms with E-state index in [9.17, 15) is 53.4 Å². The van der Waals surface area contributed by atoms with E-state index in [1.54, 1.807) is 44.2 Å². The van der Waals surface area contributed by atoms with Crippen molar-refractivity contribution in [2.24, 2.45) is 17.4 Å². The van der Waals surface area contributed by atoms with Gasteiger partial charge in [0, 0.05) is 39.7 Å². The second-order valence-electron chi connectivity index (χ2n) is 17.3. The van der Waals surface area contributed by atoms with E-state index in [-0.39, 0.29) is 55.7 Å². The van der Waals surface area contributed by atoms with Gasteiger partial charge in [0.1, 0.15) is 60.4 Å². The van der Waals surface area contributed by atoms with Gasteiger partial charge in [0.2, 0.25) is 53.2 Å². The number of primary amides is 2. The molecule has 3 unspecified atom stereocenters. The lowest BCUT2D eigenvalue weighted by Gasteiger charge is -2.43. The Morgan fingerprint density at radius 3 is 2.13 bits per heavy atom. The highest BCUT2D eigenvalue weighted by Gasteiger charge is 2.46. The lowest BCUT2D eigenvalue weighted by Crippen LogP contribution is -2.65. The molecular formula is C46H62ClN9O13. The molecule has 2 aromatic rings. The number of ether oxygens (including phenoxy) is 1. The van der Waals surface area contributed by atoms with E-state index in [1.165, 1.54) is 32.2 Å². The van der Waals surface area contributed by atoms with Gasteiger partial charge in [-0.2, -0.15) is 0 Å². The Hall–Kier alpha value is -6.81. The topological polar surface area (TPSA) is 339 Å². The number of likely N-dealkylation sites (N-methyl/N-ethyl adjacent to an activating group) is 1. The number of aliphatic hydroxyl groups is 1. The zero-order chi connectivity index (χ0) is 51.3. The molecule has 2 bridgehead atoms. The molecule has 2 aromatic carbocycles. The maximum Gasteiger partial charge on any atom is 0.329 e. The molecule has 0 aliphatic carbocycles. The summed E-state index contributed by atoms with van der Waals surface area (Å²) < 4.78 is 5.83. The highest BCUT2D eigenvalue weighted by molar-refractivity contribution is 6.32. The average Bonchev–Trinajstić information content (AvgIpc) is 3.29. The number of carbonyl (C=O) groups excluding carboxylic acids is 10. The van der Waals surface area contributed by atoms with E-state index in [4.69, 9.17) is 27.8 Å². The van der Waals surface area contributed by atoms with Crippen LogP contribution in [0.3, 0.4) is 0 Å². The number of piperidine rings is 1. The van der Waals surface area contributed by atoms with Crippen LogP contribution in [0.5, 0.6) is 5.75 Å². The molecule has 9 amide bonds. The van der Waals surface area contributed by atoms with Crippen molar-refractivity contribution in [1.82, 2.24) is 36.4 Å². The Morgan fingerprint density at radius 2 is 1.52 bits per heavy atom. The highest BCUT2D eigenvalue weighted by Crippen LogP contribution is 2.28. The van der Waals surface area contributed by atoms with E-state index in [0.717, 1.165) is 16.7 Å². The number of cyclic esters (lactones) is 1. The molecule has 69 heavy (non-hydrogen) atoms. The Bertz CT molecular complexity index is 2250. The fourth-order valence-corrected chi connectivity index (χ4v) is 8.22. The van der Waals surface area contributed by atoms with Gasteiger partial charge in [-0.25, -0.2) is 4.79 Å². The van der Waals surface area contributed by atoms with Crippen molar-refractivity contribution < 1.29 is 62.9 Å². The quantitative estimate of drug-likeness (QED) is 0.0962. The number of phenols is 1. The van der Waals surface area contributed by atoms with Crippen LogP contribution >= 0.6 is 11.6 Å². The lowest BCUT2D eigenvalue weighted by molar-refractivity contribution is -0.165. The number of nitrogens with one attached hydrogen (secondary N) is 5. The maximum absolute atomic E-state index is 15.1. The molecule has 2 saturated heterocycles. The number of nitrogens with zero attached hydrogens (tertiary/aromatic N) is 2. The minimum Gasteiger partial charge on any atom is -0.506 e. The number of rotatable bonds is 15. The van der Waals surface area contributed by atoms with Gasteiger partial charge in [0.25, 0.3) is 0 Å². The van der Waals surface area contributed by atoms with Crippen LogP contribution < -0.4 is 38.1 Å². The fraction of sp³-hybridized carbons (Fsp3) is 0.522. The number of aliphatic hydroxyl groups excluding tert-OH is 1. The zero-order valence-corrected chi connectivity index (χ0v) is 39.8. The van der Waals surface area contributed by atoms with Crippen molar-refractivity contribution in [3.8, 4) is 5.75 Å². The van der Waals surface area contributed by atoms with Crippen molar-refractivity contribution in [3.63, 3.8) is 0 Å². The Kier molecular flexibility index (Phi) is 19.8. The third kappa shape index (κ3) is 15.1. The molecule has 2 fully saturated rings. The predicted octanol–water partition coefficient (Wildman–Crippen LogP) is -1.07. The second kappa shape index (κ2) is 25.0. The summed E-state index contributed by atoms with van der Waals surface area (Å²) in [6, 6.07) is 1.83. The van der Waals surface area contributed by atoms with Gasteiger partial charge in [0.15, 0.2) is 0 Å². The van der Waals surface area contributed by atoms with Crippen LogP contribution in [0.4, 0.5) is 0 Å². The largest absolute Gasteiger partial charge is 0.506 e. The monoisotopic (exact) mass is 983 g/mol. The predicted molar refractivity (Wildman–Crippen MR) is 247 cm³/mol. The molecule has 4 rings (SSSR count). The van der Waals surface area contributed by atoms with Gasteiger partial charge in [0.05, 0.1) is 5.02 Å². The summed E-state index contributed by atoms with van der Waals surface area (Å²) in [5, 5.41) is 34.2. The summed E-state index contributed by atoms with van der Waals surface area (Å²) in [6.07, 6.45) is -5.22. The summed E-state index contributed by atoms with van der Waals surface area (Å²) in [5.41, 5.74) is 11.7. The molecule has 2 aliphatic heterocycles. The van der Waals surface area contributed by atoms with Crippen molar-refractivity contribution in [2.45, 2.75) is 140 Å². The maximum atomic E-state index is 15.1. The van der Waals surface area contributed by atoms with Crippen LogP contribution in [-0.4, -0.2) is 141 Å². The number of benzene rings is 2. The van der Waals surface area contributed by atoms with E-state index in [2.05, 4.69) is 26.6 Å². The van der Waals surface area contributed by atoms with Crippen LogP contribution in [0, 0.1) is 5.92 Å². The molecule has 0 aromatic heterocycles. The molecule has 2 heterocycles. The van der Waals surface area contributed by atoms with Crippen LogP contribution in [0.2, 0.25) is 5.02 Å². The second-order valence-corrected chi connectivity index (χ2v) is 17.8. The molecule has 376 valence electrons. The minimum atomic E-state index is -1.87. The third-order valence-corrected chi connectivity index (χ3v) is 12.5. The normalized spacial score (nSPS) is 25.0. The highest BCUT2D eigenvalue weighted by atomic mass is 35.5. The molecule has 10 atom stereocenters. The number of fused-ring (bicyclic) bond motifs is 2. The van der Waals surface area contributed by atoms with Gasteiger partial charge in [-0.3, -0.25) is 43.2 Å². The van der Waals surface area contributed by atoms with E-state index in [1.807, 2.05) is 0 Å². The number of phenolic OH excluding ortho intramolecular Hbond substituents is 1. The number of nitrogens with two attached hydrogens (primary N) is 2. The first-order chi connectivity index (χ1) is 32.5. The Labute approximate surface area is 403 Å². The molecule has 22 nitrogen and oxygen atoms in total. The van der Waals surface area contributed by atoms with Crippen molar-refractivity contribution >= 4 is 70.7 Å². The smallest absolute Gasteiger partial charge is 0.329 e. The van der Waals surface area contributed by atoms with E-state index in [0.29, 0.717) is 11.1 Å². The van der Waals surface area contributed by atoms with E-state index < -0.39 is 133 Å². The third-order valence-electron chi connectivity index (χ3n) is 12.2. The SMILES string of the molecule is CC[C@H](C)[C@@H]1NC(=O)[C@H](Cc2ccc(O)c(Cl)c2)N(C)C(=O)C(Cc2ccccc2)N2C(=O)[C@H](CC[C@H]2O)NC(=O)C(CCC(N)=O)NC(=O)C(NC(=O)[C@H](CCC(N)=O)NC(C)=O)[C@@H](C)OC1=O. The Morgan fingerprint density at radius 1 is 0.870 bits per heavy atom. The molecular weight excluding hydrogens is 922 g/mol. The molecule has 11 N–H and O–H groups in total. The van der Waals surface area contributed by atoms with Gasteiger partial charge in [-0.05, 0) is 61.8 Å². The number of halogens is 1. The summed E-state index contributed by atoms with van der Waals surface area (Å²) in [6.45, 7) is 5.67. The van der Waals surface area contributed by atoms with Crippen LogP contribution in [0.25, 0.3) is 0 Å². The van der Waals surface area contributed by atoms with Gasteiger partial charge < -0.3 is 62.8 Å². The average molecular weight is 985 g/mol. The standard InChI is InChI=1S/C46H62ClN9O13/c1-6-23(2)38-46(68)69-24(3)39(54-41(63)29(50-25(4)57)13-17-35(48)59)43(65)51-30(14-18-36(49)60)40(62)52-31-15-19-37(61)56(44(31)66)33(21-26-10-8-7-9-11-26)45(67)55(5)32(42(64)53-38)22-27-12-16-34(58)28(47)20-27/h7-12,16,20,23-24,29-33,37-39,58,61H,6,13-15,17-19,21-22H2,1-5H3,(H2,48,59)(H2,49,60)(H,50,57)(H,51,65)(H,52,62)(H,53,64)(H,54,63)/t23-,24+,29-,30?,31-,32-,33?,37+,38-,39?/m0/s1. The molecule has 2 aliphatic rings. The first-order valence-electron chi connectivity index (χ1n) is 22.6. The summed E-state index contributed by atoms with van der Waals surface area (Å²) in [5.74, 6) is -10.2. The summed E-state index contributed by atoms with van der Waals surface area (Å²) in [4.78, 5) is 139. The zero-order valence-electron chi connectivity index (χ0n) is 39.1. The number of esters is 1. The number of aromatic hydroxyl groups is 1. The number of hydrogen-bond acceptors (Lipinski definition) is 13. The minimum absolute atomic E-state index is 0.0658. The van der Waals surface area contributed by atoms with Gasteiger partial charge in [-0.15, -0.1) is 0 Å². The van der Waals surface area contributed by atoms with Crippen molar-refractivity contribution in [1.29, 1.82) is 0 Å². The van der Waals surface area contributed by atoms with Gasteiger partial charge >= 0.3 is 5.97 Å². The van der Waals surface area contributed by atoms with Crippen LogP contribution in [0.1, 0.15) is 83.8 Å². The molecule has 0 spiro atoms.